The maximum Gasteiger partial charge on any atom is 0.599 e. The monoisotopic (exact) mass is 216 g/mol. The van der Waals surface area contributed by atoms with Gasteiger partial charge in [-0.1, -0.05) is 46.5 Å². The molecule has 0 radical (unpaired) electrons. The highest BCUT2D eigenvalue weighted by atomic mass is 16.4. The number of aryl methyl sites for hydroxylation is 1. The molecule has 1 heterocycles. The van der Waals surface area contributed by atoms with Crippen LogP contribution in [0.2, 0.25) is 0 Å². The number of rotatable bonds is 0. The fourth-order valence-electron chi connectivity index (χ4n) is 1.06. The van der Waals surface area contributed by atoms with Crippen LogP contribution in [-0.2, 0) is 0 Å². The van der Waals surface area contributed by atoms with Crippen LogP contribution in [0, 0.1) is 6.92 Å². The average Bonchev–Trinajstić information content (AvgIpc) is 2.32. The molecule has 0 saturated heterocycles. The summed E-state index contributed by atoms with van der Waals surface area (Å²) in [7, 11) is 0. The number of carboxylic acid groups (broad SMARTS) is 1. The minimum atomic E-state index is -0.962. The molecule has 1 aromatic carbocycles. The highest BCUT2D eigenvalue weighted by molar-refractivity contribution is 5.53. The summed E-state index contributed by atoms with van der Waals surface area (Å²) < 4.78 is 1.08. The molecule has 0 saturated carbocycles. The van der Waals surface area contributed by atoms with Crippen LogP contribution in [0.5, 0.6) is 0 Å². The fraction of sp³-hybridized carbons (Fsp3) is 0.0769. The molecule has 16 heavy (non-hydrogen) atoms. The second kappa shape index (κ2) is 6.35. The number of hydrogen-bond acceptors (Lipinski definition) is 1. The largest absolute Gasteiger partial charge is 0.599 e. The SMILES string of the molecule is Cc1ccccc1.O=C(O)[n+]1ccccc1. The maximum atomic E-state index is 10.2. The zero-order chi connectivity index (χ0) is 11.8. The predicted molar refractivity (Wildman–Crippen MR) is 61.2 cm³/mol. The predicted octanol–water partition coefficient (Wildman–Crippen LogP) is 2.50. The van der Waals surface area contributed by atoms with Crippen LogP contribution >= 0.6 is 0 Å². The molecule has 0 atom stereocenters. The van der Waals surface area contributed by atoms with E-state index in [2.05, 4.69) is 19.1 Å². The minimum Gasteiger partial charge on any atom is -0.427 e. The van der Waals surface area contributed by atoms with Crippen molar-refractivity contribution < 1.29 is 14.5 Å². The van der Waals surface area contributed by atoms with Gasteiger partial charge in [-0.2, -0.15) is 4.79 Å². The van der Waals surface area contributed by atoms with Gasteiger partial charge in [0, 0.05) is 12.1 Å². The molecular formula is C13H14NO2+. The Balaban J connectivity index is 0.000000165. The second-order valence-electron chi connectivity index (χ2n) is 3.22. The van der Waals surface area contributed by atoms with Gasteiger partial charge in [-0.05, 0) is 6.92 Å². The van der Waals surface area contributed by atoms with Crippen molar-refractivity contribution in [3.8, 4) is 0 Å². The zero-order valence-corrected chi connectivity index (χ0v) is 9.08. The van der Waals surface area contributed by atoms with Crippen molar-refractivity contribution in [2.45, 2.75) is 6.92 Å². The van der Waals surface area contributed by atoms with Crippen molar-refractivity contribution in [1.29, 1.82) is 0 Å². The third-order valence-corrected chi connectivity index (χ3v) is 1.88. The van der Waals surface area contributed by atoms with Crippen LogP contribution < -0.4 is 4.57 Å². The van der Waals surface area contributed by atoms with Gasteiger partial charge >= 0.3 is 6.09 Å². The number of nitrogens with zero attached hydrogens (tertiary/aromatic N) is 1. The van der Waals surface area contributed by atoms with E-state index in [9.17, 15) is 4.79 Å². The van der Waals surface area contributed by atoms with Crippen molar-refractivity contribution in [2.75, 3.05) is 0 Å². The van der Waals surface area contributed by atoms with E-state index in [4.69, 9.17) is 5.11 Å². The average molecular weight is 216 g/mol. The molecule has 0 amide bonds. The van der Waals surface area contributed by atoms with Gasteiger partial charge in [0.15, 0.2) is 12.4 Å². The Morgan fingerprint density at radius 1 is 1.00 bits per heavy atom. The Hall–Kier alpha value is -2.16. The number of aromatic nitrogens is 1. The van der Waals surface area contributed by atoms with E-state index < -0.39 is 6.09 Å². The van der Waals surface area contributed by atoms with E-state index in [1.807, 2.05) is 18.2 Å². The van der Waals surface area contributed by atoms with Gasteiger partial charge in [-0.25, -0.2) is 0 Å². The van der Waals surface area contributed by atoms with Crippen molar-refractivity contribution >= 4 is 6.09 Å². The van der Waals surface area contributed by atoms with E-state index >= 15 is 0 Å². The van der Waals surface area contributed by atoms with Crippen LogP contribution in [0.25, 0.3) is 0 Å². The zero-order valence-electron chi connectivity index (χ0n) is 9.08. The van der Waals surface area contributed by atoms with Crippen LogP contribution in [0.1, 0.15) is 5.56 Å². The molecule has 3 heteroatoms. The van der Waals surface area contributed by atoms with E-state index in [0.29, 0.717) is 0 Å². The lowest BCUT2D eigenvalue weighted by Crippen LogP contribution is -2.40. The summed E-state index contributed by atoms with van der Waals surface area (Å²) in [5, 5.41) is 8.35. The van der Waals surface area contributed by atoms with E-state index in [0.717, 1.165) is 4.57 Å². The Labute approximate surface area is 94.6 Å². The topological polar surface area (TPSA) is 41.2 Å². The van der Waals surface area contributed by atoms with Gasteiger partial charge in [0.1, 0.15) is 0 Å². The molecule has 0 aliphatic rings. The molecular weight excluding hydrogens is 202 g/mol. The quantitative estimate of drug-likeness (QED) is 0.687. The highest BCUT2D eigenvalue weighted by Crippen LogP contribution is 1.92. The summed E-state index contributed by atoms with van der Waals surface area (Å²) in [5.74, 6) is 0. The summed E-state index contributed by atoms with van der Waals surface area (Å²) in [6, 6.07) is 15.3. The van der Waals surface area contributed by atoms with Crippen LogP contribution in [0.3, 0.4) is 0 Å². The number of benzene rings is 1. The van der Waals surface area contributed by atoms with Crippen LogP contribution in [0.15, 0.2) is 60.9 Å². The van der Waals surface area contributed by atoms with E-state index in [1.165, 1.54) is 18.0 Å². The number of hydrogen-bond donors (Lipinski definition) is 1. The van der Waals surface area contributed by atoms with Gasteiger partial charge in [0.2, 0.25) is 0 Å². The Bertz CT molecular complexity index is 426. The lowest BCUT2D eigenvalue weighted by molar-refractivity contribution is -0.584. The van der Waals surface area contributed by atoms with Crippen molar-refractivity contribution in [3.63, 3.8) is 0 Å². The first kappa shape index (κ1) is 11.9. The summed E-state index contributed by atoms with van der Waals surface area (Å²) in [5.41, 5.74) is 1.32. The first-order valence-corrected chi connectivity index (χ1v) is 4.91. The summed E-state index contributed by atoms with van der Waals surface area (Å²) in [6.07, 6.45) is 1.99. The van der Waals surface area contributed by atoms with Gasteiger partial charge in [0.05, 0.1) is 0 Å². The van der Waals surface area contributed by atoms with Gasteiger partial charge in [-0.15, -0.1) is 0 Å². The maximum absolute atomic E-state index is 10.2. The standard InChI is InChI=1S/C7H8.C6H5NO2/c1-7-5-3-2-4-6-7;8-6(9)7-4-2-1-3-5-7/h2-6H,1H3;1-5H/p+1. The number of carbonyl (C=O) groups is 1. The number of pyridine rings is 1. The molecule has 0 spiro atoms. The first-order chi connectivity index (χ1) is 7.70. The van der Waals surface area contributed by atoms with Crippen LogP contribution in [0.4, 0.5) is 4.79 Å². The normalized spacial score (nSPS) is 8.81. The van der Waals surface area contributed by atoms with Crippen molar-refractivity contribution in [3.05, 3.63) is 66.5 Å². The summed E-state index contributed by atoms with van der Waals surface area (Å²) in [6.45, 7) is 2.08. The Morgan fingerprint density at radius 3 is 1.81 bits per heavy atom. The minimum absolute atomic E-state index is 0.962. The third-order valence-electron chi connectivity index (χ3n) is 1.88. The van der Waals surface area contributed by atoms with E-state index in [1.54, 1.807) is 18.2 Å². The second-order valence-corrected chi connectivity index (χ2v) is 3.22. The lowest BCUT2D eigenvalue weighted by atomic mass is 10.2. The van der Waals surface area contributed by atoms with E-state index in [-0.39, 0.29) is 0 Å². The summed E-state index contributed by atoms with van der Waals surface area (Å²) in [4.78, 5) is 10.2. The molecule has 0 aliphatic carbocycles. The highest BCUT2D eigenvalue weighted by Gasteiger charge is 2.06. The first-order valence-electron chi connectivity index (χ1n) is 4.91. The Kier molecular flexibility index (Phi) is 4.73. The molecule has 0 aliphatic heterocycles. The fourth-order valence-corrected chi connectivity index (χ4v) is 1.06. The smallest absolute Gasteiger partial charge is 0.427 e. The molecule has 3 nitrogen and oxygen atoms in total. The summed E-state index contributed by atoms with van der Waals surface area (Å²) >= 11 is 0. The molecule has 0 bridgehead atoms. The van der Waals surface area contributed by atoms with Gasteiger partial charge in [-0.3, -0.25) is 0 Å². The molecule has 82 valence electrons. The molecule has 1 N–H and O–H groups in total. The third kappa shape index (κ3) is 4.37. The molecule has 0 unspecified atom stereocenters. The lowest BCUT2D eigenvalue weighted by Gasteiger charge is -1.82. The molecule has 2 rings (SSSR count). The van der Waals surface area contributed by atoms with Gasteiger partial charge < -0.3 is 5.11 Å². The molecule has 1 aromatic heterocycles. The molecule has 2 aromatic rings. The van der Waals surface area contributed by atoms with Gasteiger partial charge in [0.25, 0.3) is 0 Å². The van der Waals surface area contributed by atoms with Crippen LogP contribution in [-0.4, -0.2) is 11.2 Å². The Morgan fingerprint density at radius 2 is 1.50 bits per heavy atom. The van der Waals surface area contributed by atoms with Crippen molar-refractivity contribution in [2.24, 2.45) is 0 Å². The van der Waals surface area contributed by atoms with Crippen molar-refractivity contribution in [1.82, 2.24) is 0 Å². The molecule has 0 fully saturated rings.